The van der Waals surface area contributed by atoms with Crippen molar-refractivity contribution in [3.05, 3.63) is 54.1 Å². The third kappa shape index (κ3) is 4.50. The Balaban J connectivity index is 1.41. The number of nitrogens with one attached hydrogen (secondary N) is 2. The van der Waals surface area contributed by atoms with Gasteiger partial charge in [0.15, 0.2) is 12.7 Å². The van der Waals surface area contributed by atoms with Gasteiger partial charge in [0.2, 0.25) is 0 Å². The first-order valence-corrected chi connectivity index (χ1v) is 8.14. The summed E-state index contributed by atoms with van der Waals surface area (Å²) >= 11 is 0. The number of para-hydroxylation sites is 2. The van der Waals surface area contributed by atoms with Crippen molar-refractivity contribution in [1.29, 1.82) is 0 Å². The average molecular weight is 340 g/mol. The lowest BCUT2D eigenvalue weighted by molar-refractivity contribution is -0.125. The van der Waals surface area contributed by atoms with Crippen molar-refractivity contribution in [2.45, 2.75) is 19.4 Å². The Hall–Kier alpha value is -3.02. The second kappa shape index (κ2) is 7.70. The predicted molar refractivity (Wildman–Crippen MR) is 93.8 cm³/mol. The second-order valence-electron chi connectivity index (χ2n) is 5.83. The van der Waals surface area contributed by atoms with Crippen LogP contribution >= 0.6 is 0 Å². The van der Waals surface area contributed by atoms with Crippen LogP contribution in [-0.2, 0) is 9.59 Å². The minimum Gasteiger partial charge on any atom is -0.484 e. The number of hydrogen-bond acceptors (Lipinski definition) is 4. The summed E-state index contributed by atoms with van der Waals surface area (Å²) in [4.78, 5) is 23.8. The molecule has 130 valence electrons. The molecule has 0 fully saturated rings. The summed E-state index contributed by atoms with van der Waals surface area (Å²) in [6.07, 6.45) is -0.232. The number of anilines is 1. The molecule has 3 rings (SSSR count). The zero-order valence-electron chi connectivity index (χ0n) is 14.0. The molecule has 0 aliphatic carbocycles. The first-order chi connectivity index (χ1) is 12.1. The summed E-state index contributed by atoms with van der Waals surface area (Å²) in [5.74, 6) is 0.842. The minimum atomic E-state index is -0.617. The van der Waals surface area contributed by atoms with E-state index in [-0.39, 0.29) is 18.4 Å². The van der Waals surface area contributed by atoms with Crippen LogP contribution in [0.25, 0.3) is 0 Å². The van der Waals surface area contributed by atoms with Gasteiger partial charge in [-0.2, -0.15) is 0 Å². The zero-order valence-corrected chi connectivity index (χ0v) is 14.0. The minimum absolute atomic E-state index is 0.0659. The number of hydrogen-bond donors (Lipinski definition) is 2. The van der Waals surface area contributed by atoms with Gasteiger partial charge >= 0.3 is 0 Å². The van der Waals surface area contributed by atoms with Crippen LogP contribution < -0.4 is 20.1 Å². The highest BCUT2D eigenvalue weighted by molar-refractivity contribution is 5.97. The Kier molecular flexibility index (Phi) is 5.18. The van der Waals surface area contributed by atoms with E-state index in [0.29, 0.717) is 30.2 Å². The molecule has 6 nitrogen and oxygen atoms in total. The van der Waals surface area contributed by atoms with E-state index in [4.69, 9.17) is 9.47 Å². The van der Waals surface area contributed by atoms with Gasteiger partial charge in [0.05, 0.1) is 5.69 Å². The van der Waals surface area contributed by atoms with Crippen molar-refractivity contribution in [3.8, 4) is 11.5 Å². The summed E-state index contributed by atoms with van der Waals surface area (Å²) in [6, 6.07) is 14.7. The summed E-state index contributed by atoms with van der Waals surface area (Å²) < 4.78 is 11.1. The van der Waals surface area contributed by atoms with Crippen LogP contribution in [0.15, 0.2) is 48.5 Å². The van der Waals surface area contributed by atoms with Crippen LogP contribution in [0.2, 0.25) is 0 Å². The number of fused-ring (bicyclic) bond motifs is 1. The molecule has 0 radical (unpaired) electrons. The van der Waals surface area contributed by atoms with Crippen LogP contribution in [0, 0.1) is 6.92 Å². The number of rotatable bonds is 6. The van der Waals surface area contributed by atoms with Crippen molar-refractivity contribution in [2.75, 3.05) is 18.5 Å². The molecule has 1 atom stereocenters. The number of benzene rings is 2. The van der Waals surface area contributed by atoms with Crippen LogP contribution in [0.1, 0.15) is 12.0 Å². The fraction of sp³-hybridized carbons (Fsp3) is 0.263. The molecule has 2 aromatic carbocycles. The maximum absolute atomic E-state index is 12.0. The van der Waals surface area contributed by atoms with Crippen molar-refractivity contribution in [2.24, 2.45) is 0 Å². The molecule has 1 aliphatic rings. The second-order valence-corrected chi connectivity index (χ2v) is 5.83. The van der Waals surface area contributed by atoms with Gasteiger partial charge in [0.25, 0.3) is 11.8 Å². The van der Waals surface area contributed by atoms with Crippen molar-refractivity contribution in [1.82, 2.24) is 5.32 Å². The van der Waals surface area contributed by atoms with E-state index in [2.05, 4.69) is 10.6 Å². The molecule has 2 N–H and O–H groups in total. The van der Waals surface area contributed by atoms with Gasteiger partial charge < -0.3 is 20.1 Å². The standard InChI is InChI=1S/C19H20N2O4/c1-13-6-8-14(9-7-13)24-12-18(22)20-11-10-17-19(23)21-15-4-2-3-5-16(15)25-17/h2-9,17H,10-12H2,1H3,(H,20,22)(H,21,23). The molecule has 0 bridgehead atoms. The zero-order chi connectivity index (χ0) is 17.6. The fourth-order valence-electron chi connectivity index (χ4n) is 2.46. The van der Waals surface area contributed by atoms with Gasteiger partial charge in [0.1, 0.15) is 11.5 Å². The largest absolute Gasteiger partial charge is 0.484 e. The van der Waals surface area contributed by atoms with Gasteiger partial charge in [-0.15, -0.1) is 0 Å². The van der Waals surface area contributed by atoms with E-state index in [1.165, 1.54) is 0 Å². The molecule has 0 spiro atoms. The van der Waals surface area contributed by atoms with Gasteiger partial charge in [-0.3, -0.25) is 9.59 Å². The quantitative estimate of drug-likeness (QED) is 0.846. The first-order valence-electron chi connectivity index (χ1n) is 8.14. The van der Waals surface area contributed by atoms with E-state index in [9.17, 15) is 9.59 Å². The smallest absolute Gasteiger partial charge is 0.265 e. The molecule has 0 saturated heterocycles. The number of amides is 2. The van der Waals surface area contributed by atoms with Crippen LogP contribution in [0.4, 0.5) is 5.69 Å². The molecule has 1 unspecified atom stereocenters. The monoisotopic (exact) mass is 340 g/mol. The summed E-state index contributed by atoms with van der Waals surface area (Å²) in [5, 5.41) is 5.53. The highest BCUT2D eigenvalue weighted by atomic mass is 16.5. The SMILES string of the molecule is Cc1ccc(OCC(=O)NCCC2Oc3ccccc3NC2=O)cc1. The van der Waals surface area contributed by atoms with Gasteiger partial charge in [-0.25, -0.2) is 0 Å². The molecule has 0 saturated carbocycles. The topological polar surface area (TPSA) is 76.7 Å². The van der Waals surface area contributed by atoms with E-state index >= 15 is 0 Å². The number of aryl methyl sites for hydroxylation is 1. The maximum atomic E-state index is 12.0. The van der Waals surface area contributed by atoms with E-state index in [1.54, 1.807) is 12.1 Å². The molecule has 25 heavy (non-hydrogen) atoms. The molecule has 1 heterocycles. The highest BCUT2D eigenvalue weighted by Crippen LogP contribution is 2.29. The third-order valence-electron chi connectivity index (χ3n) is 3.83. The summed E-state index contributed by atoms with van der Waals surface area (Å²) in [7, 11) is 0. The molecule has 1 aliphatic heterocycles. The lowest BCUT2D eigenvalue weighted by Gasteiger charge is -2.25. The van der Waals surface area contributed by atoms with Crippen LogP contribution in [0.3, 0.4) is 0 Å². The summed E-state index contributed by atoms with van der Waals surface area (Å²) in [6.45, 7) is 2.25. The lowest BCUT2D eigenvalue weighted by atomic mass is 10.1. The van der Waals surface area contributed by atoms with Crippen LogP contribution in [0.5, 0.6) is 11.5 Å². The first kappa shape index (κ1) is 16.8. The Morgan fingerprint density at radius 3 is 2.76 bits per heavy atom. The fourth-order valence-corrected chi connectivity index (χ4v) is 2.46. The molecule has 2 amide bonds. The van der Waals surface area contributed by atoms with Crippen molar-refractivity contribution < 1.29 is 19.1 Å². The normalized spacial score (nSPS) is 15.6. The van der Waals surface area contributed by atoms with E-state index in [1.807, 2.05) is 43.3 Å². The van der Waals surface area contributed by atoms with Gasteiger partial charge in [-0.05, 0) is 31.2 Å². The Morgan fingerprint density at radius 2 is 1.96 bits per heavy atom. The Morgan fingerprint density at radius 1 is 1.20 bits per heavy atom. The van der Waals surface area contributed by atoms with Crippen molar-refractivity contribution in [3.63, 3.8) is 0 Å². The Labute approximate surface area is 146 Å². The number of ether oxygens (including phenoxy) is 2. The predicted octanol–water partition coefficient (Wildman–Crippen LogP) is 2.28. The number of carbonyl (C=O) groups excluding carboxylic acids is 2. The Bertz CT molecular complexity index is 758. The molecular formula is C19H20N2O4. The highest BCUT2D eigenvalue weighted by Gasteiger charge is 2.26. The van der Waals surface area contributed by atoms with Gasteiger partial charge in [-0.1, -0.05) is 29.8 Å². The third-order valence-corrected chi connectivity index (χ3v) is 3.83. The lowest BCUT2D eigenvalue weighted by Crippen LogP contribution is -2.40. The summed E-state index contributed by atoms with van der Waals surface area (Å²) in [5.41, 5.74) is 1.79. The molecule has 2 aromatic rings. The molecule has 6 heteroatoms. The van der Waals surface area contributed by atoms with E-state index in [0.717, 1.165) is 5.56 Å². The number of carbonyl (C=O) groups is 2. The van der Waals surface area contributed by atoms with Gasteiger partial charge in [0, 0.05) is 13.0 Å². The van der Waals surface area contributed by atoms with E-state index < -0.39 is 6.10 Å². The molecule has 0 aromatic heterocycles. The average Bonchev–Trinajstić information content (AvgIpc) is 2.61. The maximum Gasteiger partial charge on any atom is 0.265 e. The molecular weight excluding hydrogens is 320 g/mol. The van der Waals surface area contributed by atoms with Crippen molar-refractivity contribution >= 4 is 17.5 Å². The van der Waals surface area contributed by atoms with Crippen LogP contribution in [-0.4, -0.2) is 31.1 Å².